The van der Waals surface area contributed by atoms with Crippen LogP contribution in [0.4, 0.5) is 0 Å². The lowest BCUT2D eigenvalue weighted by Crippen LogP contribution is -2.55. The van der Waals surface area contributed by atoms with Crippen LogP contribution in [0.3, 0.4) is 0 Å². The highest BCUT2D eigenvalue weighted by molar-refractivity contribution is 5.81. The van der Waals surface area contributed by atoms with E-state index in [2.05, 4.69) is 36.1 Å². The third-order valence-electron chi connectivity index (χ3n) is 4.45. The van der Waals surface area contributed by atoms with Gasteiger partial charge in [-0.15, -0.1) is 0 Å². The van der Waals surface area contributed by atoms with E-state index in [0.29, 0.717) is 0 Å². The van der Waals surface area contributed by atoms with Gasteiger partial charge in [0.1, 0.15) is 6.10 Å². The number of hydrogen-bond acceptors (Lipinski definition) is 3. The van der Waals surface area contributed by atoms with Crippen LogP contribution in [-0.2, 0) is 16.1 Å². The molecule has 1 aromatic carbocycles. The zero-order valence-electron chi connectivity index (χ0n) is 12.7. The van der Waals surface area contributed by atoms with Crippen LogP contribution >= 0.6 is 0 Å². The van der Waals surface area contributed by atoms with E-state index in [4.69, 9.17) is 4.74 Å². The number of benzene rings is 1. The van der Waals surface area contributed by atoms with Gasteiger partial charge in [0, 0.05) is 38.8 Å². The molecule has 4 nitrogen and oxygen atoms in total. The van der Waals surface area contributed by atoms with Gasteiger partial charge in [-0.2, -0.15) is 0 Å². The van der Waals surface area contributed by atoms with Crippen LogP contribution in [-0.4, -0.2) is 54.1 Å². The number of rotatable bonds is 3. The Balaban J connectivity index is 1.55. The summed E-state index contributed by atoms with van der Waals surface area (Å²) in [5.74, 6) is 0.194. The minimum atomic E-state index is -0.187. The molecule has 0 N–H and O–H groups in total. The van der Waals surface area contributed by atoms with Crippen LogP contribution in [0.5, 0.6) is 0 Å². The van der Waals surface area contributed by atoms with Crippen LogP contribution in [0.2, 0.25) is 0 Å². The summed E-state index contributed by atoms with van der Waals surface area (Å²) < 4.78 is 5.53. The molecule has 2 saturated heterocycles. The first-order valence-electron chi connectivity index (χ1n) is 7.92. The first-order valence-corrected chi connectivity index (χ1v) is 7.92. The Kier molecular flexibility index (Phi) is 4.56. The molecule has 4 heteroatoms. The summed E-state index contributed by atoms with van der Waals surface area (Å²) in [6, 6.07) is 10.8. The predicted molar refractivity (Wildman–Crippen MR) is 81.9 cm³/mol. The Morgan fingerprint density at radius 1 is 1.29 bits per heavy atom. The van der Waals surface area contributed by atoms with Crippen molar-refractivity contribution in [2.45, 2.75) is 38.5 Å². The predicted octanol–water partition coefficient (Wildman–Crippen LogP) is 1.90. The molecule has 0 aromatic heterocycles. The minimum Gasteiger partial charge on any atom is -0.368 e. The van der Waals surface area contributed by atoms with Crippen molar-refractivity contribution < 1.29 is 9.53 Å². The van der Waals surface area contributed by atoms with E-state index >= 15 is 0 Å². The monoisotopic (exact) mass is 288 g/mol. The smallest absolute Gasteiger partial charge is 0.252 e. The standard InChI is InChI=1S/C17H24N2O2/c1-14-12-18(13-15-6-3-2-4-7-15)9-10-19(14)17(20)16-8-5-11-21-16/h2-4,6-7,14,16H,5,8-13H2,1H3/t14-,16?/m1/s1. The summed E-state index contributed by atoms with van der Waals surface area (Å²) in [6.07, 6.45) is 1.71. The number of carbonyl (C=O) groups excluding carboxylic acids is 1. The van der Waals surface area contributed by atoms with Crippen molar-refractivity contribution in [3.8, 4) is 0 Å². The lowest BCUT2D eigenvalue weighted by Gasteiger charge is -2.40. The van der Waals surface area contributed by atoms with Crippen LogP contribution in [0.25, 0.3) is 0 Å². The quantitative estimate of drug-likeness (QED) is 0.851. The second-order valence-electron chi connectivity index (χ2n) is 6.10. The number of ether oxygens (including phenoxy) is 1. The van der Waals surface area contributed by atoms with Gasteiger partial charge in [0.15, 0.2) is 0 Å². The van der Waals surface area contributed by atoms with Crippen molar-refractivity contribution in [3.63, 3.8) is 0 Å². The fourth-order valence-electron chi connectivity index (χ4n) is 3.30. The molecular formula is C17H24N2O2. The molecule has 0 spiro atoms. The Morgan fingerprint density at radius 2 is 2.10 bits per heavy atom. The Labute approximate surface area is 126 Å². The maximum atomic E-state index is 12.5. The average Bonchev–Trinajstić information content (AvgIpc) is 3.02. The molecule has 21 heavy (non-hydrogen) atoms. The second kappa shape index (κ2) is 6.58. The Morgan fingerprint density at radius 3 is 2.76 bits per heavy atom. The summed E-state index contributed by atoms with van der Waals surface area (Å²) in [7, 11) is 0. The van der Waals surface area contributed by atoms with Gasteiger partial charge in [0.25, 0.3) is 5.91 Å². The molecule has 0 radical (unpaired) electrons. The van der Waals surface area contributed by atoms with Gasteiger partial charge >= 0.3 is 0 Å². The summed E-state index contributed by atoms with van der Waals surface area (Å²) in [4.78, 5) is 16.9. The van der Waals surface area contributed by atoms with Gasteiger partial charge in [0.2, 0.25) is 0 Å². The van der Waals surface area contributed by atoms with Crippen molar-refractivity contribution in [1.29, 1.82) is 0 Å². The highest BCUT2D eigenvalue weighted by atomic mass is 16.5. The third-order valence-corrected chi connectivity index (χ3v) is 4.45. The summed E-state index contributed by atoms with van der Waals surface area (Å²) in [5.41, 5.74) is 1.34. The lowest BCUT2D eigenvalue weighted by atomic mass is 10.1. The largest absolute Gasteiger partial charge is 0.368 e. The van der Waals surface area contributed by atoms with E-state index in [1.54, 1.807) is 0 Å². The number of hydrogen-bond donors (Lipinski definition) is 0. The maximum absolute atomic E-state index is 12.5. The molecule has 0 bridgehead atoms. The summed E-state index contributed by atoms with van der Waals surface area (Å²) in [5, 5.41) is 0. The van der Waals surface area contributed by atoms with E-state index in [1.807, 2.05) is 11.0 Å². The van der Waals surface area contributed by atoms with Gasteiger partial charge < -0.3 is 9.64 Å². The fraction of sp³-hybridized carbons (Fsp3) is 0.588. The van der Waals surface area contributed by atoms with E-state index < -0.39 is 0 Å². The maximum Gasteiger partial charge on any atom is 0.252 e. The van der Waals surface area contributed by atoms with Crippen molar-refractivity contribution in [2.75, 3.05) is 26.2 Å². The molecule has 2 aliphatic rings. The highest BCUT2D eigenvalue weighted by Crippen LogP contribution is 2.19. The molecule has 2 heterocycles. The number of piperazine rings is 1. The Hall–Kier alpha value is -1.39. The molecule has 3 rings (SSSR count). The molecule has 1 unspecified atom stereocenters. The van der Waals surface area contributed by atoms with Gasteiger partial charge in [-0.25, -0.2) is 0 Å². The molecule has 2 fully saturated rings. The second-order valence-corrected chi connectivity index (χ2v) is 6.10. The average molecular weight is 288 g/mol. The molecular weight excluding hydrogens is 264 g/mol. The summed E-state index contributed by atoms with van der Waals surface area (Å²) in [6.45, 7) is 6.54. The number of carbonyl (C=O) groups is 1. The molecule has 2 aliphatic heterocycles. The number of nitrogens with zero attached hydrogens (tertiary/aromatic N) is 2. The van der Waals surface area contributed by atoms with E-state index in [0.717, 1.165) is 45.6 Å². The van der Waals surface area contributed by atoms with Crippen LogP contribution in [0.15, 0.2) is 30.3 Å². The molecule has 0 aliphatic carbocycles. The third kappa shape index (κ3) is 3.44. The molecule has 0 saturated carbocycles. The van der Waals surface area contributed by atoms with Gasteiger partial charge in [-0.1, -0.05) is 30.3 Å². The normalized spacial score (nSPS) is 27.0. The highest BCUT2D eigenvalue weighted by Gasteiger charge is 2.33. The zero-order chi connectivity index (χ0) is 14.7. The van der Waals surface area contributed by atoms with Crippen molar-refractivity contribution in [3.05, 3.63) is 35.9 Å². The van der Waals surface area contributed by atoms with E-state index in [1.165, 1.54) is 5.56 Å². The van der Waals surface area contributed by atoms with Crippen molar-refractivity contribution in [1.82, 2.24) is 9.80 Å². The van der Waals surface area contributed by atoms with E-state index in [-0.39, 0.29) is 18.1 Å². The van der Waals surface area contributed by atoms with Crippen LogP contribution in [0, 0.1) is 0 Å². The first kappa shape index (κ1) is 14.5. The lowest BCUT2D eigenvalue weighted by molar-refractivity contribution is -0.145. The van der Waals surface area contributed by atoms with E-state index in [9.17, 15) is 4.79 Å². The fourth-order valence-corrected chi connectivity index (χ4v) is 3.30. The topological polar surface area (TPSA) is 32.8 Å². The van der Waals surface area contributed by atoms with Crippen LogP contribution in [0.1, 0.15) is 25.3 Å². The van der Waals surface area contributed by atoms with Gasteiger partial charge in [0.05, 0.1) is 0 Å². The van der Waals surface area contributed by atoms with Crippen molar-refractivity contribution >= 4 is 5.91 Å². The van der Waals surface area contributed by atoms with Crippen LogP contribution < -0.4 is 0 Å². The van der Waals surface area contributed by atoms with Crippen molar-refractivity contribution in [2.24, 2.45) is 0 Å². The first-order chi connectivity index (χ1) is 10.2. The number of amides is 1. The molecule has 114 valence electrons. The SMILES string of the molecule is C[C@@H]1CN(Cc2ccccc2)CCN1C(=O)C1CCCO1. The zero-order valence-corrected chi connectivity index (χ0v) is 12.7. The summed E-state index contributed by atoms with van der Waals surface area (Å²) >= 11 is 0. The molecule has 1 amide bonds. The van der Waals surface area contributed by atoms with Gasteiger partial charge in [-0.05, 0) is 25.3 Å². The molecule has 1 aromatic rings. The van der Waals surface area contributed by atoms with Gasteiger partial charge in [-0.3, -0.25) is 9.69 Å². The Bertz CT molecular complexity index is 471. The molecule has 2 atom stereocenters. The minimum absolute atomic E-state index is 0.187.